The number of carbonyl (C=O) groups is 4. The topological polar surface area (TPSA) is 129 Å². The lowest BCUT2D eigenvalue weighted by Crippen LogP contribution is -2.41. The third-order valence-electron chi connectivity index (χ3n) is 3.69. The summed E-state index contributed by atoms with van der Waals surface area (Å²) < 4.78 is 21.2. The van der Waals surface area contributed by atoms with Gasteiger partial charge in [-0.3, -0.25) is 20.2 Å². The zero-order valence-electron chi connectivity index (χ0n) is 14.4. The summed E-state index contributed by atoms with van der Waals surface area (Å²) in [5, 5.41) is 4.02. The quantitative estimate of drug-likeness (QED) is 0.672. The molecule has 2 heterocycles. The van der Waals surface area contributed by atoms with Crippen LogP contribution in [0.15, 0.2) is 24.3 Å². The molecule has 2 fully saturated rings. The van der Waals surface area contributed by atoms with Crippen molar-refractivity contribution in [2.45, 2.75) is 38.3 Å². The molecule has 4 amide bonds. The van der Waals surface area contributed by atoms with Gasteiger partial charge in [0, 0.05) is 11.1 Å². The number of rotatable bonds is 4. The lowest BCUT2D eigenvalue weighted by atomic mass is 10.1. The van der Waals surface area contributed by atoms with Gasteiger partial charge in [-0.05, 0) is 13.8 Å². The van der Waals surface area contributed by atoms with Crippen LogP contribution in [0.4, 0.5) is 9.59 Å². The molecule has 10 heteroatoms. The minimum Gasteiger partial charge on any atom is -0.441 e. The van der Waals surface area contributed by atoms with E-state index >= 15 is 0 Å². The number of fused-ring (bicyclic) bond motifs is 1. The molecule has 0 unspecified atom stereocenters. The Hall–Kier alpha value is -2.72. The Morgan fingerprint density at radius 1 is 0.808 bits per heavy atom. The van der Waals surface area contributed by atoms with E-state index in [1.807, 2.05) is 10.6 Å². The van der Waals surface area contributed by atoms with Gasteiger partial charge in [0.25, 0.3) is 11.8 Å². The molecule has 2 rings (SSSR count). The molecule has 0 radical (unpaired) electrons. The van der Waals surface area contributed by atoms with Crippen molar-refractivity contribution in [2.24, 2.45) is 0 Å². The predicted octanol–water partition coefficient (Wildman–Crippen LogP) is 0.179. The van der Waals surface area contributed by atoms with Crippen LogP contribution in [0.25, 0.3) is 0 Å². The SMILES string of the molecule is C=C(C)C(=O)NC(=O)O[C@H]1CO[C@H]2[C@@H]1OC[C@H]2OC(=O)NC(=O)C(=C)C. The molecule has 0 saturated carbocycles. The number of ether oxygens (including phenoxy) is 4. The first kappa shape index (κ1) is 19.6. The molecule has 10 nitrogen and oxygen atoms in total. The van der Waals surface area contributed by atoms with Crippen LogP contribution in [0.1, 0.15) is 13.8 Å². The van der Waals surface area contributed by atoms with Crippen LogP contribution in [0.3, 0.4) is 0 Å². The van der Waals surface area contributed by atoms with Gasteiger partial charge in [-0.15, -0.1) is 0 Å². The lowest BCUT2D eigenvalue weighted by molar-refractivity contribution is -0.117. The van der Waals surface area contributed by atoms with Gasteiger partial charge in [0.2, 0.25) is 0 Å². The minimum atomic E-state index is -0.954. The number of hydrogen-bond donors (Lipinski definition) is 2. The summed E-state index contributed by atoms with van der Waals surface area (Å²) >= 11 is 0. The second-order valence-electron chi connectivity index (χ2n) is 5.95. The Balaban J connectivity index is 1.85. The van der Waals surface area contributed by atoms with Crippen molar-refractivity contribution < 1.29 is 38.1 Å². The second kappa shape index (κ2) is 8.11. The number of nitrogens with one attached hydrogen (secondary N) is 2. The van der Waals surface area contributed by atoms with Crippen molar-refractivity contribution in [3.05, 3.63) is 24.3 Å². The molecule has 142 valence electrons. The van der Waals surface area contributed by atoms with Gasteiger partial charge >= 0.3 is 12.2 Å². The average molecular weight is 368 g/mol. The maximum atomic E-state index is 11.7. The van der Waals surface area contributed by atoms with Gasteiger partial charge < -0.3 is 18.9 Å². The molecule has 0 aromatic heterocycles. The van der Waals surface area contributed by atoms with Crippen molar-refractivity contribution in [3.8, 4) is 0 Å². The molecule has 0 aliphatic carbocycles. The highest BCUT2D eigenvalue weighted by Gasteiger charge is 2.51. The van der Waals surface area contributed by atoms with Crippen molar-refractivity contribution in [2.75, 3.05) is 13.2 Å². The summed E-state index contributed by atoms with van der Waals surface area (Å²) in [5.41, 5.74) is 0.312. The molecule has 2 aliphatic rings. The first-order valence-corrected chi connectivity index (χ1v) is 7.77. The maximum absolute atomic E-state index is 11.7. The van der Waals surface area contributed by atoms with E-state index in [9.17, 15) is 19.2 Å². The van der Waals surface area contributed by atoms with E-state index in [1.54, 1.807) is 0 Å². The van der Waals surface area contributed by atoms with Crippen molar-refractivity contribution in [1.29, 1.82) is 0 Å². The third kappa shape index (κ3) is 4.67. The van der Waals surface area contributed by atoms with Crippen LogP contribution in [0, 0.1) is 0 Å². The fourth-order valence-corrected chi connectivity index (χ4v) is 2.36. The average Bonchev–Trinajstić information content (AvgIpc) is 3.11. The van der Waals surface area contributed by atoms with Crippen molar-refractivity contribution in [1.82, 2.24) is 10.6 Å². The van der Waals surface area contributed by atoms with Crippen LogP contribution in [0.5, 0.6) is 0 Å². The molecule has 26 heavy (non-hydrogen) atoms. The Labute approximate surface area is 149 Å². The molecule has 0 bridgehead atoms. The summed E-state index contributed by atoms with van der Waals surface area (Å²) in [7, 11) is 0. The van der Waals surface area contributed by atoms with Gasteiger partial charge in [-0.25, -0.2) is 9.59 Å². The van der Waals surface area contributed by atoms with Gasteiger partial charge in [-0.2, -0.15) is 0 Å². The van der Waals surface area contributed by atoms with Crippen molar-refractivity contribution in [3.63, 3.8) is 0 Å². The van der Waals surface area contributed by atoms with Crippen molar-refractivity contribution >= 4 is 24.0 Å². The molecule has 2 saturated heterocycles. The van der Waals surface area contributed by atoms with Crippen LogP contribution in [-0.2, 0) is 28.5 Å². The number of alkyl carbamates (subject to hydrolysis) is 2. The summed E-state index contributed by atoms with van der Waals surface area (Å²) in [6, 6.07) is 0. The van der Waals surface area contributed by atoms with E-state index in [0.717, 1.165) is 0 Å². The molecule has 2 N–H and O–H groups in total. The summed E-state index contributed by atoms with van der Waals surface area (Å²) in [6.07, 6.45) is -4.76. The van der Waals surface area contributed by atoms with E-state index in [0.29, 0.717) is 0 Å². The predicted molar refractivity (Wildman–Crippen MR) is 85.9 cm³/mol. The Morgan fingerprint density at radius 2 is 1.15 bits per heavy atom. The highest BCUT2D eigenvalue weighted by molar-refractivity contribution is 6.02. The monoisotopic (exact) mass is 368 g/mol. The van der Waals surface area contributed by atoms with Crippen LogP contribution in [0.2, 0.25) is 0 Å². The van der Waals surface area contributed by atoms with E-state index in [-0.39, 0.29) is 24.4 Å². The second-order valence-corrected chi connectivity index (χ2v) is 5.95. The van der Waals surface area contributed by atoms with Crippen LogP contribution in [-0.4, -0.2) is 61.6 Å². The number of amides is 4. The molecule has 4 atom stereocenters. The lowest BCUT2D eigenvalue weighted by Gasteiger charge is -2.17. The zero-order valence-corrected chi connectivity index (χ0v) is 14.4. The summed E-state index contributed by atoms with van der Waals surface area (Å²) in [4.78, 5) is 46.2. The molecule has 0 aromatic carbocycles. The summed E-state index contributed by atoms with van der Waals surface area (Å²) in [5.74, 6) is -1.31. The Kier molecular flexibility index (Phi) is 6.11. The molecule has 0 aromatic rings. The fraction of sp³-hybridized carbons (Fsp3) is 0.500. The first-order chi connectivity index (χ1) is 12.2. The largest absolute Gasteiger partial charge is 0.441 e. The number of carbonyl (C=O) groups excluding carboxylic acids is 4. The highest BCUT2D eigenvalue weighted by Crippen LogP contribution is 2.30. The molecule has 2 aliphatic heterocycles. The van der Waals surface area contributed by atoms with Gasteiger partial charge in [0.15, 0.2) is 12.2 Å². The maximum Gasteiger partial charge on any atom is 0.414 e. The first-order valence-electron chi connectivity index (χ1n) is 7.77. The van der Waals surface area contributed by atoms with Gasteiger partial charge in [0.1, 0.15) is 12.2 Å². The van der Waals surface area contributed by atoms with E-state index in [1.165, 1.54) is 13.8 Å². The van der Waals surface area contributed by atoms with Gasteiger partial charge in [-0.1, -0.05) is 13.2 Å². The molecule has 0 spiro atoms. The molecular weight excluding hydrogens is 348 g/mol. The minimum absolute atomic E-state index is 0.0101. The van der Waals surface area contributed by atoms with Gasteiger partial charge in [0.05, 0.1) is 13.2 Å². The highest BCUT2D eigenvalue weighted by atomic mass is 16.7. The molecular formula is C16H20N2O8. The standard InChI is InChI=1S/C16H20N2O8/c1-7(2)13(19)17-15(21)25-9-5-23-12-10(6-24-11(9)12)26-16(22)18-14(20)8(3)4/h9-12H,1,3,5-6H2,2,4H3,(H,17,19,21)(H,18,20,22)/t9-,10+,11-,12-/m1/s1. The fourth-order valence-electron chi connectivity index (χ4n) is 2.36. The zero-order chi connectivity index (χ0) is 19.4. The van der Waals surface area contributed by atoms with Crippen LogP contribution >= 0.6 is 0 Å². The van der Waals surface area contributed by atoms with Crippen LogP contribution < -0.4 is 10.6 Å². The number of hydrogen-bond acceptors (Lipinski definition) is 8. The number of imide groups is 2. The van der Waals surface area contributed by atoms with E-state index in [2.05, 4.69) is 13.2 Å². The van der Waals surface area contributed by atoms with E-state index < -0.39 is 48.4 Å². The van der Waals surface area contributed by atoms with E-state index in [4.69, 9.17) is 18.9 Å². The Bertz CT molecular complexity index is 603. The Morgan fingerprint density at radius 3 is 1.46 bits per heavy atom. The smallest absolute Gasteiger partial charge is 0.414 e. The summed E-state index contributed by atoms with van der Waals surface area (Å²) in [6.45, 7) is 9.73. The third-order valence-corrected chi connectivity index (χ3v) is 3.69. The normalized spacial score (nSPS) is 26.4.